The van der Waals surface area contributed by atoms with Gasteiger partial charge in [-0.25, -0.2) is 0 Å². The molecule has 1 aromatic carbocycles. The van der Waals surface area contributed by atoms with Crippen molar-refractivity contribution in [3.05, 3.63) is 29.8 Å². The van der Waals surface area contributed by atoms with Crippen molar-refractivity contribution in [3.63, 3.8) is 0 Å². The molecule has 1 unspecified atom stereocenters. The number of benzene rings is 1. The largest absolute Gasteiger partial charge is 0.481 e. The predicted molar refractivity (Wildman–Crippen MR) is 68.6 cm³/mol. The fraction of sp³-hybridized carbons (Fsp3) is 0.429. The molecule has 0 aromatic heterocycles. The molecule has 0 radical (unpaired) electrons. The number of fused-ring (bicyclic) bond motifs is 1. The quantitative estimate of drug-likeness (QED) is 0.891. The van der Waals surface area contributed by atoms with E-state index in [1.165, 1.54) is 0 Å². The number of amides is 1. The van der Waals surface area contributed by atoms with Crippen LogP contribution in [0.25, 0.3) is 0 Å². The van der Waals surface area contributed by atoms with Crippen molar-refractivity contribution in [2.24, 2.45) is 5.92 Å². The Labute approximate surface area is 106 Å². The molecular weight excluding hydrogens is 230 g/mol. The molecule has 1 atom stereocenters. The van der Waals surface area contributed by atoms with E-state index in [-0.39, 0.29) is 24.2 Å². The molecule has 1 aromatic rings. The summed E-state index contributed by atoms with van der Waals surface area (Å²) in [5.41, 5.74) is 1.83. The van der Waals surface area contributed by atoms with Crippen LogP contribution in [0.15, 0.2) is 24.3 Å². The monoisotopic (exact) mass is 247 g/mol. The molecule has 0 bridgehead atoms. The van der Waals surface area contributed by atoms with E-state index in [1.54, 1.807) is 4.90 Å². The van der Waals surface area contributed by atoms with Gasteiger partial charge in [0.15, 0.2) is 0 Å². The molecule has 18 heavy (non-hydrogen) atoms. The standard InChI is InChI=1S/C14H17NO3/c1-9(2)14(18)15-8-10(7-13(16)17)11-5-3-4-6-12(11)15/h3-6,9-10H,7-8H2,1-2H3,(H,16,17). The Morgan fingerprint density at radius 1 is 1.39 bits per heavy atom. The van der Waals surface area contributed by atoms with Crippen LogP contribution in [0.1, 0.15) is 31.7 Å². The van der Waals surface area contributed by atoms with E-state index in [2.05, 4.69) is 0 Å². The van der Waals surface area contributed by atoms with Gasteiger partial charge in [-0.1, -0.05) is 32.0 Å². The fourth-order valence-corrected chi connectivity index (χ4v) is 2.40. The molecule has 1 N–H and O–H groups in total. The SMILES string of the molecule is CC(C)C(=O)N1CC(CC(=O)O)c2ccccc21. The summed E-state index contributed by atoms with van der Waals surface area (Å²) in [4.78, 5) is 24.7. The van der Waals surface area contributed by atoms with E-state index < -0.39 is 5.97 Å². The van der Waals surface area contributed by atoms with E-state index in [0.29, 0.717) is 6.54 Å². The van der Waals surface area contributed by atoms with Gasteiger partial charge in [-0.15, -0.1) is 0 Å². The van der Waals surface area contributed by atoms with Crippen molar-refractivity contribution in [1.82, 2.24) is 0 Å². The first kappa shape index (κ1) is 12.6. The van der Waals surface area contributed by atoms with Gasteiger partial charge < -0.3 is 10.0 Å². The summed E-state index contributed by atoms with van der Waals surface area (Å²) in [5.74, 6) is -0.952. The zero-order valence-corrected chi connectivity index (χ0v) is 10.6. The Morgan fingerprint density at radius 3 is 2.67 bits per heavy atom. The molecule has 0 spiro atoms. The lowest BCUT2D eigenvalue weighted by molar-refractivity contribution is -0.137. The molecule has 0 aliphatic carbocycles. The number of carbonyl (C=O) groups is 2. The first-order valence-corrected chi connectivity index (χ1v) is 6.12. The Hall–Kier alpha value is -1.84. The first-order valence-electron chi connectivity index (χ1n) is 6.12. The maximum absolute atomic E-state index is 12.1. The third kappa shape index (κ3) is 2.23. The number of carbonyl (C=O) groups excluding carboxylic acids is 1. The van der Waals surface area contributed by atoms with Crippen LogP contribution in [0.5, 0.6) is 0 Å². The van der Waals surface area contributed by atoms with Crippen LogP contribution >= 0.6 is 0 Å². The van der Waals surface area contributed by atoms with E-state index in [4.69, 9.17) is 5.11 Å². The minimum Gasteiger partial charge on any atom is -0.481 e. The van der Waals surface area contributed by atoms with Crippen molar-refractivity contribution in [3.8, 4) is 0 Å². The van der Waals surface area contributed by atoms with Crippen molar-refractivity contribution < 1.29 is 14.7 Å². The number of carboxylic acid groups (broad SMARTS) is 1. The predicted octanol–water partition coefficient (Wildman–Crippen LogP) is 2.25. The number of carboxylic acids is 1. The summed E-state index contributed by atoms with van der Waals surface area (Å²) in [6, 6.07) is 7.56. The molecule has 1 amide bonds. The highest BCUT2D eigenvalue weighted by molar-refractivity contribution is 5.97. The van der Waals surface area contributed by atoms with Gasteiger partial charge in [0.1, 0.15) is 0 Å². The molecular formula is C14H17NO3. The molecule has 0 saturated carbocycles. The van der Waals surface area contributed by atoms with E-state index in [1.807, 2.05) is 38.1 Å². The average molecular weight is 247 g/mol. The summed E-state index contributed by atoms with van der Waals surface area (Å²) in [6.07, 6.45) is 0.0683. The van der Waals surface area contributed by atoms with Crippen molar-refractivity contribution in [2.75, 3.05) is 11.4 Å². The van der Waals surface area contributed by atoms with Gasteiger partial charge in [-0.05, 0) is 11.6 Å². The summed E-state index contributed by atoms with van der Waals surface area (Å²) in [7, 11) is 0. The highest BCUT2D eigenvalue weighted by Gasteiger charge is 2.33. The van der Waals surface area contributed by atoms with Gasteiger partial charge in [-0.2, -0.15) is 0 Å². The third-order valence-electron chi connectivity index (χ3n) is 3.25. The molecule has 2 rings (SSSR count). The second-order valence-corrected chi connectivity index (χ2v) is 4.96. The van der Waals surface area contributed by atoms with E-state index in [9.17, 15) is 9.59 Å². The average Bonchev–Trinajstić information content (AvgIpc) is 2.67. The lowest BCUT2D eigenvalue weighted by atomic mass is 9.98. The van der Waals surface area contributed by atoms with E-state index in [0.717, 1.165) is 11.3 Å². The molecule has 0 fully saturated rings. The summed E-state index contributed by atoms with van der Waals surface area (Å²) >= 11 is 0. The van der Waals surface area contributed by atoms with Gasteiger partial charge in [0.25, 0.3) is 0 Å². The van der Waals surface area contributed by atoms with Crippen LogP contribution in [-0.4, -0.2) is 23.5 Å². The zero-order valence-electron chi connectivity index (χ0n) is 10.6. The second-order valence-electron chi connectivity index (χ2n) is 4.96. The molecule has 1 aliphatic heterocycles. The topological polar surface area (TPSA) is 57.6 Å². The van der Waals surface area contributed by atoms with Crippen molar-refractivity contribution in [1.29, 1.82) is 0 Å². The molecule has 4 nitrogen and oxygen atoms in total. The summed E-state index contributed by atoms with van der Waals surface area (Å²) in [5, 5.41) is 8.93. The van der Waals surface area contributed by atoms with Crippen LogP contribution in [0.4, 0.5) is 5.69 Å². The third-order valence-corrected chi connectivity index (χ3v) is 3.25. The molecule has 0 saturated heterocycles. The maximum atomic E-state index is 12.1. The van der Waals surface area contributed by atoms with Crippen LogP contribution in [0, 0.1) is 5.92 Å². The van der Waals surface area contributed by atoms with Gasteiger partial charge in [0.05, 0.1) is 6.42 Å². The normalized spacial score (nSPS) is 17.9. The highest BCUT2D eigenvalue weighted by atomic mass is 16.4. The van der Waals surface area contributed by atoms with Crippen LogP contribution in [0.2, 0.25) is 0 Å². The molecule has 1 aliphatic rings. The summed E-state index contributed by atoms with van der Waals surface area (Å²) in [6.45, 7) is 4.19. The smallest absolute Gasteiger partial charge is 0.304 e. The van der Waals surface area contributed by atoms with Crippen LogP contribution in [0.3, 0.4) is 0 Å². The Balaban J connectivity index is 2.33. The molecule has 4 heteroatoms. The minimum absolute atomic E-state index is 0.0512. The number of hydrogen-bond acceptors (Lipinski definition) is 2. The highest BCUT2D eigenvalue weighted by Crippen LogP contribution is 2.38. The van der Waals surface area contributed by atoms with Gasteiger partial charge >= 0.3 is 5.97 Å². The van der Waals surface area contributed by atoms with Crippen molar-refractivity contribution in [2.45, 2.75) is 26.2 Å². The van der Waals surface area contributed by atoms with Gasteiger partial charge in [0, 0.05) is 24.1 Å². The summed E-state index contributed by atoms with van der Waals surface area (Å²) < 4.78 is 0. The number of aliphatic carboxylic acids is 1. The zero-order chi connectivity index (χ0) is 13.3. The number of nitrogens with zero attached hydrogens (tertiary/aromatic N) is 1. The molecule has 1 heterocycles. The number of para-hydroxylation sites is 1. The van der Waals surface area contributed by atoms with Crippen LogP contribution < -0.4 is 4.90 Å². The van der Waals surface area contributed by atoms with Gasteiger partial charge in [0.2, 0.25) is 5.91 Å². The minimum atomic E-state index is -0.825. The fourth-order valence-electron chi connectivity index (χ4n) is 2.40. The maximum Gasteiger partial charge on any atom is 0.304 e. The number of hydrogen-bond donors (Lipinski definition) is 1. The lowest BCUT2D eigenvalue weighted by Crippen LogP contribution is -2.33. The first-order chi connectivity index (χ1) is 8.50. The Bertz CT molecular complexity index is 482. The Kier molecular flexibility index (Phi) is 3.36. The van der Waals surface area contributed by atoms with Crippen molar-refractivity contribution >= 4 is 17.6 Å². The van der Waals surface area contributed by atoms with E-state index >= 15 is 0 Å². The number of anilines is 1. The number of rotatable bonds is 3. The van der Waals surface area contributed by atoms with Gasteiger partial charge in [-0.3, -0.25) is 9.59 Å². The van der Waals surface area contributed by atoms with Crippen LogP contribution in [-0.2, 0) is 9.59 Å². The Morgan fingerprint density at radius 2 is 2.06 bits per heavy atom. The second kappa shape index (κ2) is 4.80. The molecule has 96 valence electrons. The lowest BCUT2D eigenvalue weighted by Gasteiger charge is -2.19.